The molecule has 0 saturated carbocycles. The highest BCUT2D eigenvalue weighted by Gasteiger charge is 2.47. The van der Waals surface area contributed by atoms with Crippen LogP contribution < -0.4 is 0 Å². The molecular formula is C23H25N3O4S. The van der Waals surface area contributed by atoms with Gasteiger partial charge in [0.2, 0.25) is 21.8 Å². The predicted octanol–water partition coefficient (Wildman–Crippen LogP) is 2.05. The van der Waals surface area contributed by atoms with Crippen molar-refractivity contribution < 1.29 is 18.0 Å². The van der Waals surface area contributed by atoms with E-state index in [1.54, 1.807) is 12.1 Å². The topological polar surface area (TPSA) is 78.0 Å². The van der Waals surface area contributed by atoms with Gasteiger partial charge in [-0.3, -0.25) is 19.4 Å². The molecule has 0 bridgehead atoms. The van der Waals surface area contributed by atoms with Crippen LogP contribution in [0.5, 0.6) is 0 Å². The lowest BCUT2D eigenvalue weighted by Crippen LogP contribution is -2.52. The van der Waals surface area contributed by atoms with E-state index in [-0.39, 0.29) is 30.3 Å². The van der Waals surface area contributed by atoms with Gasteiger partial charge in [-0.1, -0.05) is 42.5 Å². The van der Waals surface area contributed by atoms with E-state index >= 15 is 0 Å². The number of allylic oxidation sites excluding steroid dienone is 2. The molecule has 0 N–H and O–H groups in total. The zero-order valence-corrected chi connectivity index (χ0v) is 18.0. The Morgan fingerprint density at radius 2 is 1.42 bits per heavy atom. The van der Waals surface area contributed by atoms with Crippen LogP contribution in [0.25, 0.3) is 10.8 Å². The Morgan fingerprint density at radius 1 is 0.806 bits per heavy atom. The lowest BCUT2D eigenvalue weighted by atomic mass is 9.85. The third-order valence-corrected chi connectivity index (χ3v) is 8.52. The van der Waals surface area contributed by atoms with Crippen molar-refractivity contribution in [1.82, 2.24) is 14.1 Å². The highest BCUT2D eigenvalue weighted by Crippen LogP contribution is 2.35. The largest absolute Gasteiger partial charge is 0.283 e. The Hall–Kier alpha value is -2.55. The molecule has 5 rings (SSSR count). The van der Waals surface area contributed by atoms with Crippen molar-refractivity contribution in [1.29, 1.82) is 0 Å². The molecule has 7 nitrogen and oxygen atoms in total. The number of hydrogen-bond acceptors (Lipinski definition) is 5. The fraction of sp³-hybridized carbons (Fsp3) is 0.391. The van der Waals surface area contributed by atoms with Crippen LogP contribution in [-0.2, 0) is 19.6 Å². The third kappa shape index (κ3) is 3.58. The summed E-state index contributed by atoms with van der Waals surface area (Å²) >= 11 is 0. The van der Waals surface area contributed by atoms with E-state index in [0.29, 0.717) is 43.9 Å². The van der Waals surface area contributed by atoms with Crippen LogP contribution in [0.3, 0.4) is 0 Å². The predicted molar refractivity (Wildman–Crippen MR) is 116 cm³/mol. The summed E-state index contributed by atoms with van der Waals surface area (Å²) in [5, 5.41) is 1.89. The van der Waals surface area contributed by atoms with Crippen LogP contribution >= 0.6 is 0 Å². The maximum absolute atomic E-state index is 13.1. The maximum Gasteiger partial charge on any atom is 0.243 e. The number of piperazine rings is 1. The molecule has 2 aromatic carbocycles. The van der Waals surface area contributed by atoms with Gasteiger partial charge in [-0.2, -0.15) is 4.31 Å². The molecule has 8 heteroatoms. The number of likely N-dealkylation sites (tertiary alicyclic amines) is 1. The number of fused-ring (bicyclic) bond motifs is 2. The molecule has 162 valence electrons. The first-order valence-electron chi connectivity index (χ1n) is 10.7. The van der Waals surface area contributed by atoms with Crippen LogP contribution in [-0.4, -0.2) is 67.2 Å². The average molecular weight is 440 g/mol. The van der Waals surface area contributed by atoms with Gasteiger partial charge in [0.1, 0.15) is 0 Å². The van der Waals surface area contributed by atoms with Gasteiger partial charge in [-0.05, 0) is 35.7 Å². The minimum Gasteiger partial charge on any atom is -0.283 e. The first kappa shape index (κ1) is 20.4. The van der Waals surface area contributed by atoms with E-state index in [2.05, 4.69) is 0 Å². The van der Waals surface area contributed by atoms with Crippen LogP contribution in [0.15, 0.2) is 59.5 Å². The number of rotatable bonds is 4. The van der Waals surface area contributed by atoms with Crippen molar-refractivity contribution in [3.63, 3.8) is 0 Å². The van der Waals surface area contributed by atoms with Crippen LogP contribution in [0, 0.1) is 11.8 Å². The van der Waals surface area contributed by atoms with Gasteiger partial charge in [-0.25, -0.2) is 8.42 Å². The number of carbonyl (C=O) groups is 2. The van der Waals surface area contributed by atoms with Crippen molar-refractivity contribution in [3.05, 3.63) is 54.6 Å². The van der Waals surface area contributed by atoms with Gasteiger partial charge >= 0.3 is 0 Å². The number of imide groups is 1. The van der Waals surface area contributed by atoms with Crippen LogP contribution in [0.4, 0.5) is 0 Å². The van der Waals surface area contributed by atoms with E-state index in [9.17, 15) is 18.0 Å². The summed E-state index contributed by atoms with van der Waals surface area (Å²) in [6, 6.07) is 12.9. The number of sulfonamides is 1. The van der Waals surface area contributed by atoms with Crippen LogP contribution in [0.2, 0.25) is 0 Å². The van der Waals surface area contributed by atoms with Gasteiger partial charge in [0.15, 0.2) is 0 Å². The Labute approximate surface area is 182 Å². The summed E-state index contributed by atoms with van der Waals surface area (Å²) in [6.45, 7) is 1.88. The molecule has 1 aliphatic carbocycles. The summed E-state index contributed by atoms with van der Waals surface area (Å²) in [4.78, 5) is 29.0. The van der Waals surface area contributed by atoms with Crippen molar-refractivity contribution in [2.75, 3.05) is 32.8 Å². The molecule has 2 atom stereocenters. The lowest BCUT2D eigenvalue weighted by Gasteiger charge is -2.35. The van der Waals surface area contributed by atoms with Gasteiger partial charge in [0.25, 0.3) is 0 Å². The summed E-state index contributed by atoms with van der Waals surface area (Å²) in [6.07, 6.45) is 5.21. The minimum atomic E-state index is -3.59. The summed E-state index contributed by atoms with van der Waals surface area (Å²) in [5.41, 5.74) is 0. The Bertz CT molecular complexity index is 1140. The fourth-order valence-corrected chi connectivity index (χ4v) is 6.25. The molecule has 2 amide bonds. The van der Waals surface area contributed by atoms with Crippen molar-refractivity contribution in [2.24, 2.45) is 11.8 Å². The quantitative estimate of drug-likeness (QED) is 0.538. The van der Waals surface area contributed by atoms with E-state index in [0.717, 1.165) is 10.8 Å². The van der Waals surface area contributed by atoms with E-state index in [4.69, 9.17) is 0 Å². The first-order chi connectivity index (χ1) is 14.9. The molecule has 2 saturated heterocycles. The number of nitrogens with zero attached hydrogens (tertiary/aromatic N) is 3. The number of benzene rings is 2. The Kier molecular flexibility index (Phi) is 5.16. The molecule has 3 aliphatic rings. The normalized spacial score (nSPS) is 25.4. The van der Waals surface area contributed by atoms with E-state index < -0.39 is 10.0 Å². The molecular weight excluding hydrogens is 414 g/mol. The SMILES string of the molecule is O=C1C2CC=CCC2C(=O)N1CN1CCN(S(=O)(=O)c2ccc3ccccc3c2)CC1. The van der Waals surface area contributed by atoms with Gasteiger partial charge in [0.05, 0.1) is 23.4 Å². The zero-order chi connectivity index (χ0) is 21.6. The van der Waals surface area contributed by atoms with Crippen molar-refractivity contribution in [2.45, 2.75) is 17.7 Å². The Morgan fingerprint density at radius 3 is 2.06 bits per heavy atom. The summed E-state index contributed by atoms with van der Waals surface area (Å²) in [5.74, 6) is -0.643. The number of amides is 2. The number of carbonyl (C=O) groups excluding carboxylic acids is 2. The van der Waals surface area contributed by atoms with Crippen molar-refractivity contribution in [3.8, 4) is 0 Å². The van der Waals surface area contributed by atoms with Crippen molar-refractivity contribution >= 4 is 32.6 Å². The molecule has 31 heavy (non-hydrogen) atoms. The summed E-state index contributed by atoms with van der Waals surface area (Å²) < 4.78 is 27.8. The minimum absolute atomic E-state index is 0.0921. The highest BCUT2D eigenvalue weighted by molar-refractivity contribution is 7.89. The van der Waals surface area contributed by atoms with E-state index in [1.165, 1.54) is 9.21 Å². The zero-order valence-electron chi connectivity index (χ0n) is 17.2. The molecule has 2 unspecified atom stereocenters. The second-order valence-corrected chi connectivity index (χ2v) is 10.4. The van der Waals surface area contributed by atoms with Crippen LogP contribution in [0.1, 0.15) is 12.8 Å². The third-order valence-electron chi connectivity index (χ3n) is 6.63. The summed E-state index contributed by atoms with van der Waals surface area (Å²) in [7, 11) is -3.59. The molecule has 0 aromatic heterocycles. The molecule has 2 aliphatic heterocycles. The molecule has 2 heterocycles. The standard InChI is InChI=1S/C23H25N3O4S/c27-22-20-7-3-4-8-21(20)23(28)26(22)16-24-11-13-25(14-12-24)31(29,30)19-10-9-17-5-1-2-6-18(17)15-19/h1-6,9-10,15,20-21H,7-8,11-14,16H2. The molecule has 2 fully saturated rings. The highest BCUT2D eigenvalue weighted by atomic mass is 32.2. The van der Waals surface area contributed by atoms with Gasteiger partial charge in [0, 0.05) is 26.2 Å². The smallest absolute Gasteiger partial charge is 0.243 e. The maximum atomic E-state index is 13.1. The fourth-order valence-electron chi connectivity index (χ4n) is 4.80. The molecule has 0 radical (unpaired) electrons. The second-order valence-electron chi connectivity index (χ2n) is 8.43. The monoisotopic (exact) mass is 439 g/mol. The second kappa shape index (κ2) is 7.85. The van der Waals surface area contributed by atoms with Gasteiger partial charge in [-0.15, -0.1) is 0 Å². The first-order valence-corrected chi connectivity index (χ1v) is 12.1. The molecule has 2 aromatic rings. The lowest BCUT2D eigenvalue weighted by molar-refractivity contribution is -0.142. The average Bonchev–Trinajstić information content (AvgIpc) is 3.04. The Balaban J connectivity index is 1.25. The van der Waals surface area contributed by atoms with E-state index in [1.807, 2.05) is 47.4 Å². The molecule has 0 spiro atoms. The van der Waals surface area contributed by atoms with Gasteiger partial charge < -0.3 is 0 Å². The number of hydrogen-bond donors (Lipinski definition) is 0.